The highest BCUT2D eigenvalue weighted by Gasteiger charge is 2.27. The number of nitrogens with zero attached hydrogens (tertiary/aromatic N) is 2. The van der Waals surface area contributed by atoms with E-state index in [4.69, 9.17) is 23.2 Å². The van der Waals surface area contributed by atoms with Crippen LogP contribution in [0.4, 0.5) is 4.39 Å². The molecule has 1 aromatic rings. The van der Waals surface area contributed by atoms with Gasteiger partial charge in [-0.1, -0.05) is 34.3 Å². The first kappa shape index (κ1) is 16.3. The van der Waals surface area contributed by atoms with Gasteiger partial charge < -0.3 is 10.1 Å². The number of halogens is 3. The van der Waals surface area contributed by atoms with Crippen LogP contribution in [0.5, 0.6) is 0 Å². The number of hydrogen-bond donors (Lipinski definition) is 0. The maximum atomic E-state index is 13.6. The highest BCUT2D eigenvalue weighted by atomic mass is 35.5. The summed E-state index contributed by atoms with van der Waals surface area (Å²) in [5.74, 6) is -0.731. The predicted molar refractivity (Wildman–Crippen MR) is 84.4 cm³/mol. The maximum absolute atomic E-state index is 13.6. The first-order valence-electron chi connectivity index (χ1n) is 6.11. The number of rotatable bonds is 3. The molecule has 0 amide bonds. The van der Waals surface area contributed by atoms with Crippen molar-refractivity contribution < 1.29 is 9.31 Å². The quantitative estimate of drug-likeness (QED) is 0.444. The van der Waals surface area contributed by atoms with E-state index < -0.39 is 10.7 Å². The number of amidine groups is 1. The summed E-state index contributed by atoms with van der Waals surface area (Å²) in [7, 11) is 0. The molecule has 1 aliphatic heterocycles. The van der Waals surface area contributed by atoms with Crippen molar-refractivity contribution >= 4 is 40.8 Å². The zero-order chi connectivity index (χ0) is 15.6. The second-order valence-corrected chi connectivity index (χ2v) is 6.50. The summed E-state index contributed by atoms with van der Waals surface area (Å²) in [4.78, 5) is 14.8. The lowest BCUT2D eigenvalue weighted by Gasteiger charge is -2.17. The number of aliphatic imine (C=N–C) groups is 1. The van der Waals surface area contributed by atoms with Gasteiger partial charge in [-0.2, -0.15) is 0 Å². The Labute approximate surface area is 135 Å². The summed E-state index contributed by atoms with van der Waals surface area (Å²) in [6, 6.07) is 2.61. The van der Waals surface area contributed by atoms with E-state index in [2.05, 4.69) is 4.99 Å². The van der Waals surface area contributed by atoms with E-state index >= 15 is 0 Å². The summed E-state index contributed by atoms with van der Waals surface area (Å²) >= 11 is 13.2. The van der Waals surface area contributed by atoms with E-state index in [-0.39, 0.29) is 16.1 Å². The van der Waals surface area contributed by atoms with Gasteiger partial charge in [0, 0.05) is 22.3 Å². The molecule has 0 spiro atoms. The summed E-state index contributed by atoms with van der Waals surface area (Å²) in [6.45, 7) is 2.17. The van der Waals surface area contributed by atoms with Crippen LogP contribution in [0.1, 0.15) is 24.2 Å². The Hall–Kier alpha value is -1.11. The van der Waals surface area contributed by atoms with Crippen LogP contribution < -0.4 is 0 Å². The van der Waals surface area contributed by atoms with Crippen LogP contribution >= 0.6 is 35.0 Å². The van der Waals surface area contributed by atoms with Gasteiger partial charge in [0.25, 0.3) is 0 Å². The molecule has 1 atom stereocenters. The van der Waals surface area contributed by atoms with Crippen molar-refractivity contribution in [2.75, 3.05) is 6.54 Å². The highest BCUT2D eigenvalue weighted by molar-refractivity contribution is 8.04. The molecule has 2 rings (SSSR count). The maximum Gasteiger partial charge on any atom is 0.371 e. The molecule has 0 aliphatic carbocycles. The van der Waals surface area contributed by atoms with E-state index in [9.17, 15) is 14.5 Å². The monoisotopic (exact) mass is 348 g/mol. The third-order valence-electron chi connectivity index (χ3n) is 2.90. The Morgan fingerprint density at radius 3 is 2.86 bits per heavy atom. The lowest BCUT2D eigenvalue weighted by Crippen LogP contribution is -2.17. The van der Waals surface area contributed by atoms with E-state index in [0.29, 0.717) is 28.5 Å². The Balaban J connectivity index is 2.28. The summed E-state index contributed by atoms with van der Waals surface area (Å²) in [5, 5.41) is 10.9. The fourth-order valence-corrected chi connectivity index (χ4v) is 3.98. The molecule has 0 radical (unpaired) electrons. The molecule has 1 heterocycles. The molecule has 1 aromatic carbocycles. The predicted octanol–water partition coefficient (Wildman–Crippen LogP) is 4.89. The first-order chi connectivity index (χ1) is 9.91. The van der Waals surface area contributed by atoms with E-state index in [1.807, 2.05) is 0 Å². The molecule has 4 nitrogen and oxygen atoms in total. The van der Waals surface area contributed by atoms with Crippen LogP contribution in [0.2, 0.25) is 10.0 Å². The van der Waals surface area contributed by atoms with Gasteiger partial charge >= 0.3 is 5.84 Å². The van der Waals surface area contributed by atoms with Crippen molar-refractivity contribution in [1.82, 2.24) is 0 Å². The van der Waals surface area contributed by atoms with E-state index in [1.165, 1.54) is 23.9 Å². The Bertz CT molecular complexity index is 649. The van der Waals surface area contributed by atoms with E-state index in [0.717, 1.165) is 0 Å². The summed E-state index contributed by atoms with van der Waals surface area (Å²) < 4.78 is 13.6. The molecule has 0 N–H and O–H groups in total. The lowest BCUT2D eigenvalue weighted by atomic mass is 10.1. The molecule has 1 aliphatic rings. The molecule has 0 bridgehead atoms. The van der Waals surface area contributed by atoms with Gasteiger partial charge in [-0.05, 0) is 24.0 Å². The smallest absolute Gasteiger partial charge is 0.358 e. The number of dihydropyridines is 1. The van der Waals surface area contributed by atoms with E-state index in [1.54, 1.807) is 13.0 Å². The number of nitro groups is 1. The minimum Gasteiger partial charge on any atom is -0.358 e. The van der Waals surface area contributed by atoms with Crippen molar-refractivity contribution in [2.45, 2.75) is 18.6 Å². The molecule has 8 heteroatoms. The molecular formula is C13H11Cl2FN2O2S. The van der Waals surface area contributed by atoms with Crippen LogP contribution in [0, 0.1) is 15.9 Å². The molecular weight excluding hydrogens is 338 g/mol. The van der Waals surface area contributed by atoms with Crippen molar-refractivity contribution in [3.63, 3.8) is 0 Å². The normalized spacial score (nSPS) is 16.2. The third-order valence-corrected chi connectivity index (χ3v) is 4.81. The zero-order valence-corrected chi connectivity index (χ0v) is 13.3. The van der Waals surface area contributed by atoms with Crippen molar-refractivity contribution in [3.8, 4) is 0 Å². The van der Waals surface area contributed by atoms with Crippen LogP contribution in [0.15, 0.2) is 28.1 Å². The summed E-state index contributed by atoms with van der Waals surface area (Å²) in [5.41, 5.74) is 0.428. The average Bonchev–Trinajstić information content (AvgIpc) is 2.43. The molecule has 0 saturated heterocycles. The van der Waals surface area contributed by atoms with Gasteiger partial charge in [0.2, 0.25) is 0 Å². The topological polar surface area (TPSA) is 55.5 Å². The molecule has 0 saturated carbocycles. The van der Waals surface area contributed by atoms with Crippen molar-refractivity contribution in [3.05, 3.63) is 54.7 Å². The van der Waals surface area contributed by atoms with Gasteiger partial charge in [0.15, 0.2) is 0 Å². The molecule has 21 heavy (non-hydrogen) atoms. The number of hydrogen-bond acceptors (Lipinski definition) is 4. The number of benzene rings is 1. The fourth-order valence-electron chi connectivity index (χ4n) is 1.95. The third kappa shape index (κ3) is 3.56. The minimum absolute atomic E-state index is 0.0569. The first-order valence-corrected chi connectivity index (χ1v) is 7.74. The SMILES string of the molecule is C[C@@H](SC1=CCCN=C1[N+](=O)[O-])c1c(Cl)ccc(F)c1Cl. The molecule has 0 unspecified atom stereocenters. The van der Waals surface area contributed by atoms with Crippen LogP contribution in [-0.4, -0.2) is 17.3 Å². The molecule has 112 valence electrons. The van der Waals surface area contributed by atoms with Gasteiger partial charge in [-0.3, -0.25) is 0 Å². The van der Waals surface area contributed by atoms with Crippen LogP contribution in [-0.2, 0) is 0 Å². The zero-order valence-electron chi connectivity index (χ0n) is 11.0. The van der Waals surface area contributed by atoms with Gasteiger partial charge in [0.1, 0.15) is 17.3 Å². The second kappa shape index (κ2) is 6.77. The minimum atomic E-state index is -0.565. The van der Waals surface area contributed by atoms with Crippen LogP contribution in [0.3, 0.4) is 0 Å². The van der Waals surface area contributed by atoms with Crippen molar-refractivity contribution in [2.24, 2.45) is 4.99 Å². The molecule has 0 fully saturated rings. The summed E-state index contributed by atoms with van der Waals surface area (Å²) in [6.07, 6.45) is 2.39. The van der Waals surface area contributed by atoms with Crippen LogP contribution in [0.25, 0.3) is 0 Å². The van der Waals surface area contributed by atoms with Gasteiger partial charge in [-0.25, -0.2) is 4.39 Å². The average molecular weight is 349 g/mol. The Morgan fingerprint density at radius 1 is 1.48 bits per heavy atom. The second-order valence-electron chi connectivity index (χ2n) is 4.34. The Kier molecular flexibility index (Phi) is 5.24. The lowest BCUT2D eigenvalue weighted by molar-refractivity contribution is -0.348. The highest BCUT2D eigenvalue weighted by Crippen LogP contribution is 2.42. The molecule has 0 aromatic heterocycles. The fraction of sp³-hybridized carbons (Fsp3) is 0.308. The van der Waals surface area contributed by atoms with Gasteiger partial charge in [0.05, 0.1) is 5.02 Å². The largest absolute Gasteiger partial charge is 0.371 e. The van der Waals surface area contributed by atoms with Gasteiger partial charge in [-0.15, -0.1) is 11.8 Å². The number of thioether (sulfide) groups is 1. The Morgan fingerprint density at radius 2 is 2.19 bits per heavy atom. The van der Waals surface area contributed by atoms with Crippen molar-refractivity contribution in [1.29, 1.82) is 0 Å². The standard InChI is InChI=1S/C13H11Cl2FN2O2S/c1-7(11-8(14)4-5-9(16)12(11)15)21-10-3-2-6-17-13(10)18(19)20/h3-5,7H,2,6H2,1H3/t7-/m1/s1.